The highest BCUT2D eigenvalue weighted by molar-refractivity contribution is 5.92. The molecule has 1 amide bonds. The average Bonchev–Trinajstić information content (AvgIpc) is 3.13. The van der Waals surface area contributed by atoms with Crippen molar-refractivity contribution < 1.29 is 4.79 Å². The van der Waals surface area contributed by atoms with Gasteiger partial charge in [-0.3, -0.25) is 9.59 Å². The van der Waals surface area contributed by atoms with E-state index in [1.165, 1.54) is 0 Å². The van der Waals surface area contributed by atoms with Gasteiger partial charge in [-0.2, -0.15) is 0 Å². The summed E-state index contributed by atoms with van der Waals surface area (Å²) >= 11 is 0. The van der Waals surface area contributed by atoms with E-state index >= 15 is 0 Å². The maximum Gasteiger partial charge on any atom is 0.287 e. The first kappa shape index (κ1) is 10.0. The largest absolute Gasteiger partial charge is 0.347 e. The van der Waals surface area contributed by atoms with E-state index in [1.807, 2.05) is 0 Å². The van der Waals surface area contributed by atoms with Crippen LogP contribution in [0.3, 0.4) is 0 Å². The Kier molecular flexibility index (Phi) is 2.18. The highest BCUT2D eigenvalue weighted by atomic mass is 16.2. The van der Waals surface area contributed by atoms with Crippen LogP contribution in [0.4, 0.5) is 0 Å². The Morgan fingerprint density at radius 3 is 2.88 bits per heavy atom. The van der Waals surface area contributed by atoms with Crippen molar-refractivity contribution in [3.05, 3.63) is 40.4 Å². The molecule has 0 atom stereocenters. The predicted molar refractivity (Wildman–Crippen MR) is 62.9 cm³/mol. The number of rotatable bonds is 2. The molecule has 1 heterocycles. The molecule has 5 nitrogen and oxygen atoms in total. The summed E-state index contributed by atoms with van der Waals surface area (Å²) < 4.78 is 0. The fraction of sp³-hybridized carbons (Fsp3) is 0.250. The van der Waals surface area contributed by atoms with Crippen LogP contribution in [0.2, 0.25) is 0 Å². The van der Waals surface area contributed by atoms with Crippen LogP contribution in [0.25, 0.3) is 10.9 Å². The van der Waals surface area contributed by atoms with Gasteiger partial charge in [0.25, 0.3) is 11.5 Å². The normalized spacial score (nSPS) is 14.8. The lowest BCUT2D eigenvalue weighted by Gasteiger charge is -2.03. The second kappa shape index (κ2) is 3.69. The van der Waals surface area contributed by atoms with Crippen molar-refractivity contribution in [3.63, 3.8) is 0 Å². The van der Waals surface area contributed by atoms with E-state index in [9.17, 15) is 9.59 Å². The summed E-state index contributed by atoms with van der Waals surface area (Å²) in [7, 11) is 0. The number of hydrogen-bond donors (Lipinski definition) is 2. The quantitative estimate of drug-likeness (QED) is 0.800. The molecule has 3 rings (SSSR count). The van der Waals surface area contributed by atoms with Gasteiger partial charge < -0.3 is 10.3 Å². The van der Waals surface area contributed by atoms with Crippen molar-refractivity contribution in [3.8, 4) is 0 Å². The number of amides is 1. The number of H-pyrrole nitrogens is 1. The van der Waals surface area contributed by atoms with E-state index in [2.05, 4.69) is 15.3 Å². The zero-order chi connectivity index (χ0) is 11.8. The molecule has 0 unspecified atom stereocenters. The van der Waals surface area contributed by atoms with E-state index in [1.54, 1.807) is 24.3 Å². The third-order valence-electron chi connectivity index (χ3n) is 2.74. The molecular weight excluding hydrogens is 218 g/mol. The second-order valence-corrected chi connectivity index (χ2v) is 4.18. The Bertz CT molecular complexity index is 643. The Labute approximate surface area is 96.9 Å². The lowest BCUT2D eigenvalue weighted by molar-refractivity contribution is 0.0940. The van der Waals surface area contributed by atoms with Crippen molar-refractivity contribution >= 4 is 16.8 Å². The minimum atomic E-state index is -0.310. The van der Waals surface area contributed by atoms with Gasteiger partial charge in [0.05, 0.1) is 10.9 Å². The molecule has 1 aliphatic rings. The number of hydrogen-bond acceptors (Lipinski definition) is 3. The third kappa shape index (κ3) is 1.91. The number of para-hydroxylation sites is 1. The van der Waals surface area contributed by atoms with Crippen molar-refractivity contribution in [1.82, 2.24) is 15.3 Å². The number of fused-ring (bicyclic) bond motifs is 1. The number of aromatic nitrogens is 2. The minimum absolute atomic E-state index is 0.0839. The van der Waals surface area contributed by atoms with Gasteiger partial charge >= 0.3 is 0 Å². The molecule has 1 fully saturated rings. The number of carbonyl (C=O) groups excluding carboxylic acids is 1. The molecule has 1 aromatic carbocycles. The van der Waals surface area contributed by atoms with Crippen LogP contribution in [-0.4, -0.2) is 21.9 Å². The van der Waals surface area contributed by atoms with Crippen LogP contribution in [-0.2, 0) is 0 Å². The van der Waals surface area contributed by atoms with Crippen LogP contribution < -0.4 is 10.9 Å². The number of aromatic amines is 1. The minimum Gasteiger partial charge on any atom is -0.347 e. The SMILES string of the molecule is O=C(NC1CC1)c1nc2ccccc2c(=O)[nH]1. The number of nitrogens with one attached hydrogen (secondary N) is 2. The van der Waals surface area contributed by atoms with E-state index in [4.69, 9.17) is 0 Å². The van der Waals surface area contributed by atoms with Crippen LogP contribution in [0.15, 0.2) is 29.1 Å². The van der Waals surface area contributed by atoms with Gasteiger partial charge in [-0.25, -0.2) is 4.98 Å². The summed E-state index contributed by atoms with van der Waals surface area (Å²) in [6.07, 6.45) is 2.01. The molecule has 1 saturated carbocycles. The van der Waals surface area contributed by atoms with Gasteiger partial charge in [-0.15, -0.1) is 0 Å². The molecule has 2 N–H and O–H groups in total. The molecule has 0 spiro atoms. The molecule has 86 valence electrons. The van der Waals surface area contributed by atoms with Gasteiger partial charge in [0.2, 0.25) is 0 Å². The number of carbonyl (C=O) groups is 1. The standard InChI is InChI=1S/C12H11N3O2/c16-11-8-3-1-2-4-9(8)14-10(15-11)12(17)13-7-5-6-7/h1-4,7H,5-6H2,(H,13,17)(H,14,15,16). The first-order valence-electron chi connectivity index (χ1n) is 5.54. The van der Waals surface area contributed by atoms with Gasteiger partial charge in [-0.05, 0) is 25.0 Å². The van der Waals surface area contributed by atoms with Gasteiger partial charge in [0.1, 0.15) is 0 Å². The zero-order valence-electron chi connectivity index (χ0n) is 9.06. The fourth-order valence-electron chi connectivity index (χ4n) is 1.68. The topological polar surface area (TPSA) is 74.8 Å². The Hall–Kier alpha value is -2.17. The Morgan fingerprint density at radius 2 is 2.12 bits per heavy atom. The molecular formula is C12H11N3O2. The van der Waals surface area contributed by atoms with Crippen LogP contribution in [0.5, 0.6) is 0 Å². The van der Waals surface area contributed by atoms with Crippen molar-refractivity contribution in [1.29, 1.82) is 0 Å². The molecule has 5 heteroatoms. The lowest BCUT2D eigenvalue weighted by atomic mass is 10.2. The predicted octanol–water partition coefficient (Wildman–Crippen LogP) is 0.815. The maximum atomic E-state index is 11.7. The van der Waals surface area contributed by atoms with E-state index in [0.29, 0.717) is 10.9 Å². The zero-order valence-corrected chi connectivity index (χ0v) is 9.06. The lowest BCUT2D eigenvalue weighted by Crippen LogP contribution is -2.29. The molecule has 1 aliphatic carbocycles. The highest BCUT2D eigenvalue weighted by Crippen LogP contribution is 2.18. The third-order valence-corrected chi connectivity index (χ3v) is 2.74. The van der Waals surface area contributed by atoms with Crippen LogP contribution in [0.1, 0.15) is 23.5 Å². The summed E-state index contributed by atoms with van der Waals surface area (Å²) in [6.45, 7) is 0. The summed E-state index contributed by atoms with van der Waals surface area (Å²) in [5.74, 6) is -0.226. The summed E-state index contributed by atoms with van der Waals surface area (Å²) in [4.78, 5) is 30.1. The van der Waals surface area contributed by atoms with Crippen molar-refractivity contribution in [2.24, 2.45) is 0 Å². The maximum absolute atomic E-state index is 11.7. The van der Waals surface area contributed by atoms with Crippen LogP contribution in [0, 0.1) is 0 Å². The summed E-state index contributed by atoms with van der Waals surface area (Å²) in [6, 6.07) is 7.21. The number of benzene rings is 1. The number of nitrogens with zero attached hydrogens (tertiary/aromatic N) is 1. The first-order valence-corrected chi connectivity index (χ1v) is 5.54. The molecule has 0 aliphatic heterocycles. The monoisotopic (exact) mass is 229 g/mol. The van der Waals surface area contributed by atoms with Crippen molar-refractivity contribution in [2.75, 3.05) is 0 Å². The smallest absolute Gasteiger partial charge is 0.287 e. The fourth-order valence-corrected chi connectivity index (χ4v) is 1.68. The van der Waals surface area contributed by atoms with E-state index in [0.717, 1.165) is 12.8 Å². The first-order chi connectivity index (χ1) is 8.24. The Morgan fingerprint density at radius 1 is 1.35 bits per heavy atom. The molecule has 1 aromatic heterocycles. The molecule has 17 heavy (non-hydrogen) atoms. The highest BCUT2D eigenvalue weighted by Gasteiger charge is 2.24. The Balaban J connectivity index is 2.05. The molecule has 2 aromatic rings. The second-order valence-electron chi connectivity index (χ2n) is 4.18. The van der Waals surface area contributed by atoms with Gasteiger partial charge in [-0.1, -0.05) is 12.1 Å². The van der Waals surface area contributed by atoms with E-state index < -0.39 is 0 Å². The molecule has 0 bridgehead atoms. The van der Waals surface area contributed by atoms with Crippen molar-refractivity contribution in [2.45, 2.75) is 18.9 Å². The average molecular weight is 229 g/mol. The van der Waals surface area contributed by atoms with Gasteiger partial charge in [0.15, 0.2) is 5.82 Å². The summed E-state index contributed by atoms with van der Waals surface area (Å²) in [5.41, 5.74) is 0.258. The van der Waals surface area contributed by atoms with E-state index in [-0.39, 0.29) is 23.3 Å². The molecule has 0 saturated heterocycles. The molecule has 0 radical (unpaired) electrons. The van der Waals surface area contributed by atoms with Crippen LogP contribution >= 0.6 is 0 Å². The summed E-state index contributed by atoms with van der Waals surface area (Å²) in [5, 5.41) is 3.29. The van der Waals surface area contributed by atoms with Gasteiger partial charge in [0, 0.05) is 6.04 Å².